The van der Waals surface area contributed by atoms with Crippen LogP contribution in [-0.2, 0) is 23.8 Å². The highest BCUT2D eigenvalue weighted by molar-refractivity contribution is 5.85. The van der Waals surface area contributed by atoms with Crippen molar-refractivity contribution >= 4 is 11.9 Å². The normalized spacial score (nSPS) is 48.2. The first-order valence-corrected chi connectivity index (χ1v) is 12.8. The second-order valence-electron chi connectivity index (χ2n) is 12.7. The molecular formula is C27H40O6. The van der Waals surface area contributed by atoms with E-state index in [1.54, 1.807) is 0 Å². The second-order valence-corrected chi connectivity index (χ2v) is 12.7. The van der Waals surface area contributed by atoms with Crippen LogP contribution in [0.5, 0.6) is 0 Å². The molecule has 5 rings (SSSR count). The first kappa shape index (κ1) is 23.3. The van der Waals surface area contributed by atoms with Crippen molar-refractivity contribution in [1.82, 2.24) is 0 Å². The molecule has 4 fully saturated rings. The van der Waals surface area contributed by atoms with Gasteiger partial charge in [0.15, 0.2) is 0 Å². The summed E-state index contributed by atoms with van der Waals surface area (Å²) in [6.07, 6.45) is 8.59. The molecule has 8 atom stereocenters. The highest BCUT2D eigenvalue weighted by Gasteiger charge is 2.68. The van der Waals surface area contributed by atoms with Crippen LogP contribution < -0.4 is 0 Å². The smallest absolute Gasteiger partial charge is 0.333 e. The van der Waals surface area contributed by atoms with Gasteiger partial charge in [-0.05, 0) is 78.9 Å². The maximum absolute atomic E-state index is 11.8. The summed E-state index contributed by atoms with van der Waals surface area (Å²) >= 11 is 0. The van der Waals surface area contributed by atoms with Crippen LogP contribution in [0.2, 0.25) is 0 Å². The molecule has 6 nitrogen and oxygen atoms in total. The predicted octanol–water partition coefficient (Wildman–Crippen LogP) is 4.54. The van der Waals surface area contributed by atoms with Crippen molar-refractivity contribution in [2.75, 3.05) is 6.61 Å². The molecule has 2 heterocycles. The molecule has 5 aliphatic rings. The van der Waals surface area contributed by atoms with Crippen molar-refractivity contribution in [2.24, 2.45) is 34.0 Å². The van der Waals surface area contributed by atoms with Crippen molar-refractivity contribution in [3.63, 3.8) is 0 Å². The van der Waals surface area contributed by atoms with E-state index in [0.29, 0.717) is 22.3 Å². The van der Waals surface area contributed by atoms with Gasteiger partial charge in [-0.3, -0.25) is 4.79 Å². The summed E-state index contributed by atoms with van der Waals surface area (Å²) < 4.78 is 17.3. The Bertz CT molecular complexity index is 878. The molecular weight excluding hydrogens is 420 g/mol. The summed E-state index contributed by atoms with van der Waals surface area (Å²) in [6, 6.07) is 0. The monoisotopic (exact) mass is 460 g/mol. The first-order valence-electron chi connectivity index (χ1n) is 12.8. The molecule has 184 valence electrons. The quantitative estimate of drug-likeness (QED) is 0.623. The van der Waals surface area contributed by atoms with Crippen molar-refractivity contribution in [1.29, 1.82) is 0 Å². The number of aliphatic hydroxyl groups is 1. The molecule has 0 radical (unpaired) electrons. The van der Waals surface area contributed by atoms with Crippen LogP contribution >= 0.6 is 0 Å². The Kier molecular flexibility index (Phi) is 5.34. The van der Waals surface area contributed by atoms with Gasteiger partial charge < -0.3 is 19.3 Å². The minimum atomic E-state index is -1.25. The lowest BCUT2D eigenvalue weighted by molar-refractivity contribution is -0.216. The molecule has 0 bridgehead atoms. The zero-order valence-electron chi connectivity index (χ0n) is 20.8. The van der Waals surface area contributed by atoms with Gasteiger partial charge in [0.05, 0.1) is 6.10 Å². The van der Waals surface area contributed by atoms with Gasteiger partial charge in [0, 0.05) is 18.6 Å². The summed E-state index contributed by atoms with van der Waals surface area (Å²) in [6.45, 7) is 11.6. The van der Waals surface area contributed by atoms with E-state index >= 15 is 0 Å². The van der Waals surface area contributed by atoms with Crippen LogP contribution in [0.4, 0.5) is 0 Å². The van der Waals surface area contributed by atoms with Gasteiger partial charge in [-0.2, -0.15) is 0 Å². The second kappa shape index (κ2) is 7.55. The van der Waals surface area contributed by atoms with Crippen LogP contribution in [0.3, 0.4) is 0 Å². The lowest BCUT2D eigenvalue weighted by Crippen LogP contribution is -2.63. The third-order valence-electron chi connectivity index (χ3n) is 10.6. The number of carbonyl (C=O) groups is 2. The molecule has 6 heteroatoms. The summed E-state index contributed by atoms with van der Waals surface area (Å²) in [5.41, 5.74) is 0.648. The molecule has 3 saturated carbocycles. The number of esters is 2. The molecule has 0 aromatic rings. The fourth-order valence-electron chi connectivity index (χ4n) is 9.40. The van der Waals surface area contributed by atoms with Gasteiger partial charge in [-0.15, -0.1) is 0 Å². The molecule has 0 spiro atoms. The predicted molar refractivity (Wildman–Crippen MR) is 122 cm³/mol. The number of cyclic esters (lactones) is 1. The Balaban J connectivity index is 1.51. The largest absolute Gasteiger partial charge is 0.463 e. The van der Waals surface area contributed by atoms with E-state index in [4.69, 9.17) is 14.2 Å². The third kappa shape index (κ3) is 3.42. The number of rotatable bonds is 3. The van der Waals surface area contributed by atoms with E-state index in [1.807, 2.05) is 0 Å². The van der Waals surface area contributed by atoms with E-state index in [-0.39, 0.29) is 23.9 Å². The first-order chi connectivity index (χ1) is 15.4. The number of aliphatic hydroxyl groups excluding tert-OH is 1. The van der Waals surface area contributed by atoms with Gasteiger partial charge in [-0.25, -0.2) is 4.79 Å². The Morgan fingerprint density at radius 1 is 1.06 bits per heavy atom. The SMILES string of the molecule is CC(=O)OC[C@]12CCC3[C@@]4(C)CCCC(C)(C)C4CC[C@@]3(C)C1CC(C1=CC(=O)OC1O)O2. The van der Waals surface area contributed by atoms with Gasteiger partial charge in [0.1, 0.15) is 12.2 Å². The Labute approximate surface area is 197 Å². The maximum atomic E-state index is 11.8. The Morgan fingerprint density at radius 3 is 2.42 bits per heavy atom. The van der Waals surface area contributed by atoms with E-state index < -0.39 is 24.0 Å². The third-order valence-corrected chi connectivity index (χ3v) is 10.6. The van der Waals surface area contributed by atoms with Gasteiger partial charge in [-0.1, -0.05) is 34.1 Å². The zero-order chi connectivity index (χ0) is 23.8. The van der Waals surface area contributed by atoms with Crippen molar-refractivity contribution in [3.8, 4) is 0 Å². The Hall–Kier alpha value is -1.40. The minimum absolute atomic E-state index is 0.0564. The van der Waals surface area contributed by atoms with E-state index in [0.717, 1.165) is 31.6 Å². The average molecular weight is 461 g/mol. The van der Waals surface area contributed by atoms with E-state index in [1.165, 1.54) is 38.7 Å². The molecule has 3 aliphatic carbocycles. The van der Waals surface area contributed by atoms with E-state index in [2.05, 4.69) is 27.7 Å². The molecule has 33 heavy (non-hydrogen) atoms. The molecule has 0 aromatic heterocycles. The van der Waals surface area contributed by atoms with E-state index in [9.17, 15) is 14.7 Å². The zero-order valence-corrected chi connectivity index (χ0v) is 20.8. The maximum Gasteiger partial charge on any atom is 0.333 e. The summed E-state index contributed by atoms with van der Waals surface area (Å²) in [7, 11) is 0. The molecule has 2 aliphatic heterocycles. The van der Waals surface area contributed by atoms with Gasteiger partial charge in [0.25, 0.3) is 0 Å². The topological polar surface area (TPSA) is 82.1 Å². The van der Waals surface area contributed by atoms with Crippen LogP contribution in [0.15, 0.2) is 11.6 Å². The Morgan fingerprint density at radius 2 is 1.76 bits per heavy atom. The molecule has 1 saturated heterocycles. The van der Waals surface area contributed by atoms with Crippen LogP contribution in [0, 0.1) is 34.0 Å². The lowest BCUT2D eigenvalue weighted by Gasteiger charge is -2.67. The summed E-state index contributed by atoms with van der Waals surface area (Å²) in [5, 5.41) is 10.3. The highest BCUT2D eigenvalue weighted by Crippen LogP contribution is 2.71. The minimum Gasteiger partial charge on any atom is -0.463 e. The fraction of sp³-hybridized carbons (Fsp3) is 0.852. The van der Waals surface area contributed by atoms with Crippen LogP contribution in [0.1, 0.15) is 86.0 Å². The number of hydrogen-bond donors (Lipinski definition) is 1. The number of fused-ring (bicyclic) bond motifs is 5. The van der Waals surface area contributed by atoms with Gasteiger partial charge >= 0.3 is 11.9 Å². The number of ether oxygens (including phenoxy) is 3. The molecule has 5 unspecified atom stereocenters. The highest BCUT2D eigenvalue weighted by atomic mass is 16.6. The standard InChI is InChI=1S/C27H40O6/c1-16(28)31-15-27-12-8-20-25(4)10-6-9-24(2,3)19(25)7-11-26(20,5)21(27)14-18(33-27)17-13-22(29)32-23(17)30/h13,18-21,23,30H,6-12,14-15H2,1-5H3/t18?,19?,20?,21?,23?,25-,26+,27+/m0/s1. The average Bonchev–Trinajstić information content (AvgIpc) is 3.26. The van der Waals surface area contributed by atoms with Gasteiger partial charge in [0.2, 0.25) is 6.29 Å². The van der Waals surface area contributed by atoms with Crippen LogP contribution in [0.25, 0.3) is 0 Å². The van der Waals surface area contributed by atoms with Crippen molar-refractivity contribution < 1.29 is 28.9 Å². The molecule has 1 N–H and O–H groups in total. The lowest BCUT2D eigenvalue weighted by atomic mass is 9.38. The summed E-state index contributed by atoms with van der Waals surface area (Å²) in [4.78, 5) is 23.6. The number of carbonyl (C=O) groups excluding carboxylic acids is 2. The van der Waals surface area contributed by atoms with Crippen molar-refractivity contribution in [3.05, 3.63) is 11.6 Å². The number of hydrogen-bond acceptors (Lipinski definition) is 6. The van der Waals surface area contributed by atoms with Crippen LogP contribution in [-0.4, -0.2) is 41.6 Å². The summed E-state index contributed by atoms with van der Waals surface area (Å²) in [5.74, 6) is 0.680. The van der Waals surface area contributed by atoms with Crippen molar-refractivity contribution in [2.45, 2.75) is 104 Å². The fourth-order valence-corrected chi connectivity index (χ4v) is 9.40. The molecule has 0 aromatic carbocycles. The molecule has 0 amide bonds.